The monoisotopic (exact) mass is 368 g/mol. The molecule has 0 aromatic heterocycles. The van der Waals surface area contributed by atoms with E-state index < -0.39 is 0 Å². The van der Waals surface area contributed by atoms with Crippen LogP contribution >= 0.6 is 0 Å². The van der Waals surface area contributed by atoms with Crippen molar-refractivity contribution in [2.75, 3.05) is 52.5 Å². The summed E-state index contributed by atoms with van der Waals surface area (Å²) in [5, 5.41) is 0. The molecule has 0 aliphatic carbocycles. The molecule has 0 atom stereocenters. The quantitative estimate of drug-likeness (QED) is 0.677. The van der Waals surface area contributed by atoms with E-state index in [2.05, 4.69) is 51.3 Å². The lowest BCUT2D eigenvalue weighted by atomic mass is 9.93. The first-order valence-corrected chi connectivity index (χ1v) is 10.8. The summed E-state index contributed by atoms with van der Waals surface area (Å²) in [6, 6.07) is 0. The maximum Gasteiger partial charge on any atom is 0.0600 e. The van der Waals surface area contributed by atoms with Crippen molar-refractivity contribution in [3.8, 4) is 0 Å². The third-order valence-electron chi connectivity index (χ3n) is 5.92. The largest absolute Gasteiger partial charge is 0.381 e. The van der Waals surface area contributed by atoms with Gasteiger partial charge >= 0.3 is 0 Å². The number of hydrogen-bond acceptors (Lipinski definition) is 4. The Bertz CT molecular complexity index is 384. The molecule has 0 bridgehead atoms. The minimum Gasteiger partial charge on any atom is -0.381 e. The number of hydrogen-bond donors (Lipinski definition) is 0. The van der Waals surface area contributed by atoms with Gasteiger partial charge in [0.2, 0.25) is 0 Å². The van der Waals surface area contributed by atoms with Crippen molar-refractivity contribution < 1.29 is 9.47 Å². The molecule has 2 heterocycles. The lowest BCUT2D eigenvalue weighted by Crippen LogP contribution is -2.46. The van der Waals surface area contributed by atoms with Gasteiger partial charge in [-0.05, 0) is 105 Å². The molecule has 26 heavy (non-hydrogen) atoms. The molecular weight excluding hydrogens is 324 g/mol. The first-order chi connectivity index (χ1) is 12.1. The number of ether oxygens (including phenoxy) is 2. The molecule has 0 unspecified atom stereocenters. The van der Waals surface area contributed by atoms with Crippen molar-refractivity contribution in [3.05, 3.63) is 0 Å². The molecule has 0 amide bonds. The normalized spacial score (nSPS) is 22.8. The van der Waals surface area contributed by atoms with Crippen LogP contribution in [-0.4, -0.2) is 73.5 Å². The van der Waals surface area contributed by atoms with Gasteiger partial charge in [0.25, 0.3) is 0 Å². The fourth-order valence-electron chi connectivity index (χ4n) is 4.03. The van der Waals surface area contributed by atoms with Crippen LogP contribution in [0.5, 0.6) is 0 Å². The van der Waals surface area contributed by atoms with E-state index >= 15 is 0 Å². The first-order valence-electron chi connectivity index (χ1n) is 10.8. The van der Waals surface area contributed by atoms with Gasteiger partial charge in [0.15, 0.2) is 0 Å². The van der Waals surface area contributed by atoms with Crippen molar-refractivity contribution in [2.45, 2.75) is 78.4 Å². The number of likely N-dealkylation sites (tertiary alicyclic amines) is 2. The SMILES string of the molecule is CC(C)(C)OCCN1CCC(COCC2CCN(C(C)(C)C)CC2)CC1. The molecule has 2 rings (SSSR count). The van der Waals surface area contributed by atoms with E-state index in [0.29, 0.717) is 5.54 Å². The van der Waals surface area contributed by atoms with Crippen LogP contribution < -0.4 is 0 Å². The first kappa shape index (κ1) is 22.1. The van der Waals surface area contributed by atoms with Gasteiger partial charge in [-0.1, -0.05) is 0 Å². The Morgan fingerprint density at radius 3 is 1.73 bits per heavy atom. The Morgan fingerprint density at radius 1 is 0.769 bits per heavy atom. The van der Waals surface area contributed by atoms with E-state index in [1.54, 1.807) is 0 Å². The average molecular weight is 369 g/mol. The number of piperidine rings is 2. The minimum absolute atomic E-state index is 0.0187. The molecule has 0 aromatic rings. The van der Waals surface area contributed by atoms with Crippen molar-refractivity contribution in [2.24, 2.45) is 11.8 Å². The van der Waals surface area contributed by atoms with E-state index in [0.717, 1.165) is 38.2 Å². The predicted molar refractivity (Wildman–Crippen MR) is 110 cm³/mol. The molecule has 4 heteroatoms. The summed E-state index contributed by atoms with van der Waals surface area (Å²) >= 11 is 0. The van der Waals surface area contributed by atoms with Gasteiger partial charge in [-0.2, -0.15) is 0 Å². The second kappa shape index (κ2) is 9.86. The summed E-state index contributed by atoms with van der Waals surface area (Å²) in [4.78, 5) is 5.16. The van der Waals surface area contributed by atoms with Crippen LogP contribution in [-0.2, 0) is 9.47 Å². The van der Waals surface area contributed by atoms with Crippen molar-refractivity contribution in [3.63, 3.8) is 0 Å². The molecular formula is C22H44N2O2. The topological polar surface area (TPSA) is 24.9 Å². The minimum atomic E-state index is -0.0187. The van der Waals surface area contributed by atoms with Crippen LogP contribution in [0.25, 0.3) is 0 Å². The Labute approximate surface area is 162 Å². The molecule has 2 saturated heterocycles. The van der Waals surface area contributed by atoms with Crippen molar-refractivity contribution in [1.82, 2.24) is 9.80 Å². The Hall–Kier alpha value is -0.160. The molecule has 0 saturated carbocycles. The predicted octanol–water partition coefficient (Wildman–Crippen LogP) is 4.04. The van der Waals surface area contributed by atoms with Gasteiger partial charge in [0, 0.05) is 25.3 Å². The zero-order valence-corrected chi connectivity index (χ0v) is 18.4. The number of nitrogens with zero attached hydrogens (tertiary/aromatic N) is 2. The summed E-state index contributed by atoms with van der Waals surface area (Å²) in [5.74, 6) is 1.52. The van der Waals surface area contributed by atoms with Gasteiger partial charge in [-0.15, -0.1) is 0 Å². The molecule has 2 aliphatic rings. The van der Waals surface area contributed by atoms with E-state index in [1.807, 2.05) is 0 Å². The highest BCUT2D eigenvalue weighted by Crippen LogP contribution is 2.24. The zero-order chi connectivity index (χ0) is 19.2. The van der Waals surface area contributed by atoms with E-state index in [9.17, 15) is 0 Å². The molecule has 4 nitrogen and oxygen atoms in total. The van der Waals surface area contributed by atoms with Crippen LogP contribution in [0.15, 0.2) is 0 Å². The molecule has 2 aliphatic heterocycles. The summed E-state index contributed by atoms with van der Waals surface area (Å²) in [6.07, 6.45) is 5.14. The van der Waals surface area contributed by atoms with Crippen LogP contribution in [0.4, 0.5) is 0 Å². The van der Waals surface area contributed by atoms with Crippen molar-refractivity contribution in [1.29, 1.82) is 0 Å². The maximum absolute atomic E-state index is 6.13. The highest BCUT2D eigenvalue weighted by molar-refractivity contribution is 4.81. The summed E-state index contributed by atoms with van der Waals surface area (Å²) in [5.41, 5.74) is 0.299. The van der Waals surface area contributed by atoms with Crippen LogP contribution in [0.3, 0.4) is 0 Å². The Balaban J connectivity index is 1.52. The zero-order valence-electron chi connectivity index (χ0n) is 18.4. The molecule has 154 valence electrons. The van der Waals surface area contributed by atoms with Gasteiger partial charge in [-0.25, -0.2) is 0 Å². The van der Waals surface area contributed by atoms with E-state index in [-0.39, 0.29) is 5.60 Å². The van der Waals surface area contributed by atoms with Crippen LogP contribution in [0.2, 0.25) is 0 Å². The molecule has 0 spiro atoms. The average Bonchev–Trinajstić information content (AvgIpc) is 2.55. The van der Waals surface area contributed by atoms with Gasteiger partial charge < -0.3 is 14.4 Å². The third-order valence-corrected chi connectivity index (χ3v) is 5.92. The molecule has 0 N–H and O–H groups in total. The second-order valence-electron chi connectivity index (χ2n) is 10.4. The van der Waals surface area contributed by atoms with E-state index in [1.165, 1.54) is 51.9 Å². The fraction of sp³-hybridized carbons (Fsp3) is 1.00. The maximum atomic E-state index is 6.13. The summed E-state index contributed by atoms with van der Waals surface area (Å²) in [7, 11) is 0. The Kier molecular flexibility index (Phi) is 8.39. The smallest absolute Gasteiger partial charge is 0.0600 e. The highest BCUT2D eigenvalue weighted by Gasteiger charge is 2.27. The van der Waals surface area contributed by atoms with Gasteiger partial charge in [0.05, 0.1) is 12.2 Å². The van der Waals surface area contributed by atoms with Gasteiger partial charge in [0.1, 0.15) is 0 Å². The lowest BCUT2D eigenvalue weighted by molar-refractivity contribution is -0.0200. The molecule has 0 radical (unpaired) electrons. The Morgan fingerprint density at radius 2 is 1.27 bits per heavy atom. The standard InChI is InChI=1S/C22H44N2O2/c1-21(2,3)24-13-9-20(10-14-24)18-25-17-19-7-11-23(12-8-19)15-16-26-22(4,5)6/h19-20H,7-18H2,1-6H3. The molecule has 0 aromatic carbocycles. The fourth-order valence-corrected chi connectivity index (χ4v) is 4.03. The van der Waals surface area contributed by atoms with Gasteiger partial charge in [-0.3, -0.25) is 4.90 Å². The lowest BCUT2D eigenvalue weighted by Gasteiger charge is -2.41. The van der Waals surface area contributed by atoms with E-state index in [4.69, 9.17) is 9.47 Å². The molecule has 2 fully saturated rings. The summed E-state index contributed by atoms with van der Waals surface area (Å²) < 4.78 is 12.0. The van der Waals surface area contributed by atoms with Crippen molar-refractivity contribution >= 4 is 0 Å². The summed E-state index contributed by atoms with van der Waals surface area (Å²) in [6.45, 7) is 22.1. The highest BCUT2D eigenvalue weighted by atomic mass is 16.5. The van der Waals surface area contributed by atoms with Crippen LogP contribution in [0, 0.1) is 11.8 Å². The second-order valence-corrected chi connectivity index (χ2v) is 10.4. The number of rotatable bonds is 7. The van der Waals surface area contributed by atoms with Crippen LogP contribution in [0.1, 0.15) is 67.2 Å². The third kappa shape index (κ3) is 8.24.